The quantitative estimate of drug-likeness (QED) is 0.133. The Morgan fingerprint density at radius 3 is 1.67 bits per heavy atom. The van der Waals surface area contributed by atoms with Crippen LogP contribution in [-0.2, 0) is 48.5 Å². The first-order chi connectivity index (χ1) is 63.1. The number of alkyl halides is 3. The molecule has 131 heavy (non-hydrogen) atoms. The Kier molecular flexibility index (Phi) is 23.0. The number of carbonyl (C=O) groups excluding carboxylic acids is 4. The molecule has 2 atom stereocenters. The molecule has 4 saturated heterocycles. The lowest BCUT2D eigenvalue weighted by atomic mass is 9.81. The highest BCUT2D eigenvalue weighted by molar-refractivity contribution is 6.30. The van der Waals surface area contributed by atoms with Gasteiger partial charge in [-0.2, -0.15) is 18.3 Å². The average molecular weight is 1810 g/mol. The lowest BCUT2D eigenvalue weighted by molar-refractivity contribution is -0.143. The second-order valence-corrected chi connectivity index (χ2v) is 36.7. The van der Waals surface area contributed by atoms with E-state index in [-0.39, 0.29) is 45.4 Å². The molecule has 4 aromatic heterocycles. The number of aryl methyl sites for hydroxylation is 4. The number of aliphatic hydroxyl groups excluding tert-OH is 1. The molecule has 0 bridgehead atoms. The summed E-state index contributed by atoms with van der Waals surface area (Å²) in [5, 5.41) is 15.3. The summed E-state index contributed by atoms with van der Waals surface area (Å²) in [5.41, 5.74) is 11.6. The summed E-state index contributed by atoms with van der Waals surface area (Å²) in [6, 6.07) is 58.5. The topological polar surface area (TPSA) is 208 Å². The predicted molar refractivity (Wildman–Crippen MR) is 492 cm³/mol. The molecule has 9 aliphatic heterocycles. The van der Waals surface area contributed by atoms with Gasteiger partial charge in [-0.05, 0) is 209 Å². The standard InChI is InChI=1S/C28H29ClN2O5.C26H25F3N2O3.C26H27N3O3.C24H23FN2O2.3H2/c1-34-25-16-18(7-10-23(25)35-22-5-2-4-21(22)32)27(33)30-14-11-28(12-15-30)26-6-3-13-31(26)20-9-8-19(29)17-24(20)36-28;1-3-17-8-9-18(16-21(17)33-2)24(32)30-14-12-25(13-15-30)22-10-11-23(26(27,28)29)31(22)19-6-4-5-7-20(19)34-25;1-25(2)15-17-7-6-9-19(23(17)32-25)24(30)29-13-11-26(12-14-29)20-16-27-28(3)22(20)18-8-4-5-10-21(18)31-26;1-16-5-6-18(14-17(16)2)23(28)26-12-9-24(10-13-26)22-4-3-11-27(22)20-8-7-19(25)15-21(20)29-24;;;/h3,6-10,13,16-17,21-22,32H,2,4-5,11-12,14-15H2,1H3;4-11,16H,3,12-15H2,1-2H3;4-10,16H,11-15H2,1-3H3;3-8,11,14-15H,9-10,12-13H2,1-2H3;3*1H/t21-,22-;;;;;;/m1....../s1. The van der Waals surface area contributed by atoms with E-state index >= 15 is 0 Å². The zero-order valence-electron chi connectivity index (χ0n) is 74.5. The number of hydrogen-bond donors (Lipinski definition) is 1. The smallest absolute Gasteiger partial charge is 0.431 e. The van der Waals surface area contributed by atoms with Crippen LogP contribution in [0.3, 0.4) is 0 Å². The van der Waals surface area contributed by atoms with Gasteiger partial charge in [-0.15, -0.1) is 0 Å². The lowest BCUT2D eigenvalue weighted by Gasteiger charge is -2.45. The monoisotopic (exact) mass is 1800 g/mol. The normalized spacial score (nSPS) is 18.9. The number of hydrogen-bond acceptors (Lipinski definition) is 14. The zero-order chi connectivity index (χ0) is 91.2. The van der Waals surface area contributed by atoms with E-state index in [0.29, 0.717) is 153 Å². The number of para-hydroxylation sites is 4. The third kappa shape index (κ3) is 16.1. The Hall–Kier alpha value is -12.9. The number of amides is 4. The van der Waals surface area contributed by atoms with Crippen LogP contribution >= 0.6 is 11.6 Å². The maximum absolute atomic E-state index is 13.8. The van der Waals surface area contributed by atoms with Crippen LogP contribution in [0.2, 0.25) is 5.02 Å². The number of halogens is 5. The largest absolute Gasteiger partial charge is 0.496 e. The summed E-state index contributed by atoms with van der Waals surface area (Å²) in [6.45, 7) is 14.5. The summed E-state index contributed by atoms with van der Waals surface area (Å²) < 4.78 is 112. The second kappa shape index (κ2) is 34.4. The number of fused-ring (bicyclic) bond motifs is 17. The van der Waals surface area contributed by atoms with Gasteiger partial charge in [0.2, 0.25) is 0 Å². The fourth-order valence-electron chi connectivity index (χ4n) is 20.7. The van der Waals surface area contributed by atoms with Crippen LogP contribution in [0.4, 0.5) is 17.6 Å². The number of ether oxygens (including phenoxy) is 8. The van der Waals surface area contributed by atoms with Crippen LogP contribution in [0.25, 0.3) is 28.3 Å². The first-order valence-corrected chi connectivity index (χ1v) is 45.4. The Morgan fingerprint density at radius 1 is 0.527 bits per heavy atom. The molecular weight excluding hydrogens is 1690 g/mol. The lowest BCUT2D eigenvalue weighted by Crippen LogP contribution is -2.50. The molecular formula is C104H110ClF4N9O13. The minimum Gasteiger partial charge on any atom is -0.496 e. The number of nitrogens with zero attached hydrogens (tertiary/aromatic N) is 9. The summed E-state index contributed by atoms with van der Waals surface area (Å²) >= 11 is 6.25. The van der Waals surface area contributed by atoms with E-state index in [1.165, 1.54) is 28.3 Å². The van der Waals surface area contributed by atoms with E-state index in [0.717, 1.165) is 130 Å². The molecule has 5 fully saturated rings. The van der Waals surface area contributed by atoms with Gasteiger partial charge in [0.25, 0.3) is 23.6 Å². The van der Waals surface area contributed by atoms with Gasteiger partial charge in [-0.3, -0.25) is 23.9 Å². The van der Waals surface area contributed by atoms with E-state index in [9.17, 15) is 41.8 Å². The Labute approximate surface area is 767 Å². The number of rotatable bonds is 9. The third-order valence-corrected chi connectivity index (χ3v) is 28.1. The van der Waals surface area contributed by atoms with E-state index in [2.05, 4.69) is 52.3 Å². The van der Waals surface area contributed by atoms with Crippen molar-refractivity contribution in [2.45, 2.75) is 164 Å². The highest BCUT2D eigenvalue weighted by atomic mass is 35.5. The van der Waals surface area contributed by atoms with Crippen LogP contribution in [0.15, 0.2) is 213 Å². The van der Waals surface area contributed by atoms with Crippen LogP contribution in [0, 0.1) is 19.7 Å². The molecule has 1 N–H and O–H groups in total. The predicted octanol–water partition coefficient (Wildman–Crippen LogP) is 20.4. The molecule has 1 aliphatic carbocycles. The van der Waals surface area contributed by atoms with Crippen molar-refractivity contribution < 1.29 is 84.0 Å². The van der Waals surface area contributed by atoms with Gasteiger partial charge in [0, 0.05) is 179 Å². The molecule has 27 heteroatoms. The SMILES string of the molecule is CCc1ccc(C(=O)N2CCC3(CC2)Oc2ccccc2-n2c(C(F)(F)F)ccc23)cc1OC.COc1cc(C(=O)N2CCC3(CC2)Oc2cc(Cl)ccc2-n2cccc23)ccc1O[C@@H]1CCC[C@H]1O.Cc1ccc(C(=O)N2CCC3(CC2)Oc2cc(F)ccc2-n2cccc23)cc1C.Cn1ncc2c1-c1ccccc1OC21CCN(C(=O)c2cccc3c2OC(C)(C)C3)CC1.[HH].[HH].[HH]. The van der Waals surface area contributed by atoms with Gasteiger partial charge < -0.3 is 76.3 Å². The van der Waals surface area contributed by atoms with E-state index in [1.807, 2.05) is 151 Å². The molecule has 13 heterocycles. The Balaban J connectivity index is 0.000000129. The first kappa shape index (κ1) is 87.4. The molecule has 1 saturated carbocycles. The van der Waals surface area contributed by atoms with Gasteiger partial charge in [-0.1, -0.05) is 67.1 Å². The highest BCUT2D eigenvalue weighted by Gasteiger charge is 2.52. The van der Waals surface area contributed by atoms with E-state index in [4.69, 9.17) is 49.5 Å². The maximum Gasteiger partial charge on any atom is 0.431 e. The molecule has 12 aromatic rings. The average Bonchev–Trinajstić information content (AvgIpc) is 1.64. The Bertz CT molecular complexity index is 6440. The van der Waals surface area contributed by atoms with Crippen molar-refractivity contribution in [1.29, 1.82) is 0 Å². The molecule has 4 amide bonds. The number of carbonyl (C=O) groups is 4. The minimum absolute atomic E-state index is 0. The highest BCUT2D eigenvalue weighted by Crippen LogP contribution is 2.54. The van der Waals surface area contributed by atoms with Gasteiger partial charge in [0.15, 0.2) is 28.3 Å². The van der Waals surface area contributed by atoms with Crippen molar-refractivity contribution in [2.75, 3.05) is 66.6 Å². The second-order valence-electron chi connectivity index (χ2n) is 36.3. The van der Waals surface area contributed by atoms with Crippen molar-refractivity contribution in [2.24, 2.45) is 7.05 Å². The number of likely N-dealkylation sites (tertiary alicyclic amines) is 4. The first-order valence-electron chi connectivity index (χ1n) is 45.1. The van der Waals surface area contributed by atoms with Gasteiger partial charge >= 0.3 is 6.18 Å². The third-order valence-electron chi connectivity index (χ3n) is 27.9. The summed E-state index contributed by atoms with van der Waals surface area (Å²) in [6.07, 6.45) is 9.79. The number of benzene rings is 8. The molecule has 684 valence electrons. The number of aromatic nitrogens is 5. The summed E-state index contributed by atoms with van der Waals surface area (Å²) in [7, 11) is 5.12. The fourth-order valence-corrected chi connectivity index (χ4v) is 20.9. The minimum atomic E-state index is -4.50. The number of piperidine rings is 4. The molecule has 8 aromatic carbocycles. The van der Waals surface area contributed by atoms with E-state index < -0.39 is 40.4 Å². The van der Waals surface area contributed by atoms with Crippen molar-refractivity contribution in [1.82, 2.24) is 43.1 Å². The van der Waals surface area contributed by atoms with Crippen LogP contribution in [0.5, 0.6) is 46.0 Å². The Morgan fingerprint density at radius 2 is 1.07 bits per heavy atom. The van der Waals surface area contributed by atoms with Crippen molar-refractivity contribution >= 4 is 35.2 Å². The molecule has 4 spiro atoms. The fraction of sp³-hybridized carbons (Fsp3) is 0.356. The zero-order valence-corrected chi connectivity index (χ0v) is 75.2. The van der Waals surface area contributed by atoms with Crippen LogP contribution in [0.1, 0.15) is 188 Å². The van der Waals surface area contributed by atoms with Crippen molar-refractivity contribution in [3.8, 4) is 74.3 Å². The van der Waals surface area contributed by atoms with Crippen LogP contribution < -0.4 is 37.9 Å². The van der Waals surface area contributed by atoms with E-state index in [1.54, 1.807) is 79.8 Å². The van der Waals surface area contributed by atoms with Crippen molar-refractivity contribution in [3.05, 3.63) is 296 Å². The van der Waals surface area contributed by atoms with Gasteiger partial charge in [0.1, 0.15) is 63.3 Å². The summed E-state index contributed by atoms with van der Waals surface area (Å²) in [4.78, 5) is 60.5. The van der Waals surface area contributed by atoms with Crippen LogP contribution in [-0.4, -0.2) is 156 Å². The molecule has 0 radical (unpaired) electrons. The summed E-state index contributed by atoms with van der Waals surface area (Å²) in [5.74, 6) is 4.70. The molecule has 22 nitrogen and oxygen atoms in total. The molecule has 10 aliphatic rings. The number of methoxy groups -OCH3 is 2. The van der Waals surface area contributed by atoms with Gasteiger partial charge in [0.05, 0.1) is 71.9 Å². The van der Waals surface area contributed by atoms with Crippen molar-refractivity contribution in [3.63, 3.8) is 0 Å². The molecule has 0 unspecified atom stereocenters. The molecule has 22 rings (SSSR count). The maximum atomic E-state index is 13.8. The number of aliphatic hydroxyl groups is 1. The van der Waals surface area contributed by atoms with Gasteiger partial charge in [-0.25, -0.2) is 4.39 Å².